The molecule has 0 aromatic heterocycles. The molecule has 0 saturated carbocycles. The zero-order chi connectivity index (χ0) is 36.8. The third-order valence-corrected chi connectivity index (χ3v) is 9.17. The summed E-state index contributed by atoms with van der Waals surface area (Å²) in [7, 11) is 0. The molecule has 6 nitrogen and oxygen atoms in total. The average molecular weight is 702 g/mol. The lowest BCUT2D eigenvalue weighted by Crippen LogP contribution is -2.52. The van der Waals surface area contributed by atoms with Crippen LogP contribution in [0.25, 0.3) is 0 Å². The van der Waals surface area contributed by atoms with E-state index >= 15 is 0 Å². The van der Waals surface area contributed by atoms with Gasteiger partial charge in [0.1, 0.15) is 12.2 Å². The van der Waals surface area contributed by atoms with Gasteiger partial charge in [-0.3, -0.25) is 4.79 Å². The monoisotopic (exact) mass is 702 g/mol. The highest BCUT2D eigenvalue weighted by Gasteiger charge is 2.28. The van der Waals surface area contributed by atoms with Gasteiger partial charge in [0.25, 0.3) is 0 Å². The van der Waals surface area contributed by atoms with Crippen LogP contribution in [0.1, 0.15) is 181 Å². The van der Waals surface area contributed by atoms with Crippen molar-refractivity contribution in [2.75, 3.05) is 6.61 Å². The minimum Gasteiger partial charge on any atom is -0.394 e. The summed E-state index contributed by atoms with van der Waals surface area (Å²) in [4.78, 5) is 12.4. The van der Waals surface area contributed by atoms with E-state index in [1.165, 1.54) is 103 Å². The number of aliphatic hydroxyl groups is 4. The van der Waals surface area contributed by atoms with Gasteiger partial charge in [-0.15, -0.1) is 0 Å². The lowest BCUT2D eigenvalue weighted by atomic mass is 10.0. The van der Waals surface area contributed by atoms with Gasteiger partial charge in [-0.25, -0.2) is 0 Å². The quantitative estimate of drug-likeness (QED) is 0.0330. The first-order valence-electron chi connectivity index (χ1n) is 20.7. The lowest BCUT2D eigenvalue weighted by Gasteiger charge is -2.27. The van der Waals surface area contributed by atoms with Gasteiger partial charge in [-0.05, 0) is 77.0 Å². The second-order valence-corrected chi connectivity index (χ2v) is 14.0. The van der Waals surface area contributed by atoms with Gasteiger partial charge in [-0.1, -0.05) is 158 Å². The first-order valence-corrected chi connectivity index (χ1v) is 20.7. The zero-order valence-corrected chi connectivity index (χ0v) is 32.4. The summed E-state index contributed by atoms with van der Waals surface area (Å²) in [6, 6.07) is -1.04. The Balaban J connectivity index is 3.92. The number of unbranched alkanes of at least 4 members (excludes halogenated alkanes) is 18. The van der Waals surface area contributed by atoms with E-state index in [9.17, 15) is 25.2 Å². The summed E-state index contributed by atoms with van der Waals surface area (Å²) >= 11 is 0. The summed E-state index contributed by atoms with van der Waals surface area (Å²) < 4.78 is 0. The number of carbonyl (C=O) groups is 1. The first kappa shape index (κ1) is 48.0. The topological polar surface area (TPSA) is 110 Å². The fraction of sp³-hybridized carbons (Fsp3) is 0.750. The van der Waals surface area contributed by atoms with Crippen molar-refractivity contribution in [3.8, 4) is 0 Å². The molecule has 0 rings (SSSR count). The Morgan fingerprint density at radius 1 is 0.520 bits per heavy atom. The first-order chi connectivity index (χ1) is 24.5. The lowest BCUT2D eigenvalue weighted by molar-refractivity contribution is -0.132. The van der Waals surface area contributed by atoms with Crippen molar-refractivity contribution in [2.45, 2.75) is 205 Å². The van der Waals surface area contributed by atoms with E-state index in [4.69, 9.17) is 0 Å². The molecule has 0 aliphatic heterocycles. The molecule has 0 spiro atoms. The summed E-state index contributed by atoms with van der Waals surface area (Å²) in [5, 5.41) is 43.4. The van der Waals surface area contributed by atoms with Crippen molar-refractivity contribution in [2.24, 2.45) is 0 Å². The zero-order valence-electron chi connectivity index (χ0n) is 32.4. The summed E-state index contributed by atoms with van der Waals surface area (Å²) in [6.45, 7) is 3.97. The van der Waals surface area contributed by atoms with Crippen LogP contribution in [0.3, 0.4) is 0 Å². The third-order valence-electron chi connectivity index (χ3n) is 9.17. The molecule has 290 valence electrons. The maximum Gasteiger partial charge on any atom is 0.249 e. The largest absolute Gasteiger partial charge is 0.394 e. The summed E-state index contributed by atoms with van der Waals surface area (Å²) in [6.07, 6.45) is 47.0. The van der Waals surface area contributed by atoms with Gasteiger partial charge in [0, 0.05) is 6.42 Å². The third kappa shape index (κ3) is 32.0. The van der Waals surface area contributed by atoms with Crippen LogP contribution in [-0.4, -0.2) is 57.3 Å². The minimum atomic E-state index is -1.32. The smallest absolute Gasteiger partial charge is 0.249 e. The van der Waals surface area contributed by atoms with Crippen LogP contribution < -0.4 is 5.32 Å². The molecular weight excluding hydrogens is 622 g/mol. The molecule has 0 aliphatic rings. The van der Waals surface area contributed by atoms with E-state index < -0.39 is 36.9 Å². The number of carbonyl (C=O) groups excluding carboxylic acids is 1. The van der Waals surface area contributed by atoms with Gasteiger partial charge >= 0.3 is 0 Å². The molecule has 6 heteroatoms. The Morgan fingerprint density at radius 2 is 0.920 bits per heavy atom. The van der Waals surface area contributed by atoms with E-state index in [0.29, 0.717) is 12.8 Å². The number of hydrogen-bond acceptors (Lipinski definition) is 5. The second-order valence-electron chi connectivity index (χ2n) is 14.0. The second kappa shape index (κ2) is 38.2. The molecular formula is C44H79NO5. The van der Waals surface area contributed by atoms with E-state index in [0.717, 1.165) is 44.9 Å². The summed E-state index contributed by atoms with van der Waals surface area (Å²) in [5.41, 5.74) is 0. The van der Waals surface area contributed by atoms with Crippen LogP contribution >= 0.6 is 0 Å². The van der Waals surface area contributed by atoms with Crippen molar-refractivity contribution >= 4 is 5.91 Å². The molecule has 5 N–H and O–H groups in total. The van der Waals surface area contributed by atoms with E-state index in [-0.39, 0.29) is 6.42 Å². The van der Waals surface area contributed by atoms with Gasteiger partial charge < -0.3 is 25.7 Å². The SMILES string of the molecule is CCCCCCCC/C=C\C/C=C\CC(O)C(=O)NC(CO)C(O)C(O)CCC/C=C/CC/C=C/CC/C=C/CCCCCCCCCCC. The molecule has 1 amide bonds. The van der Waals surface area contributed by atoms with Crippen LogP contribution in [-0.2, 0) is 4.79 Å². The van der Waals surface area contributed by atoms with Crippen molar-refractivity contribution in [1.82, 2.24) is 5.32 Å². The average Bonchev–Trinajstić information content (AvgIpc) is 3.12. The van der Waals surface area contributed by atoms with Gasteiger partial charge in [0.15, 0.2) is 0 Å². The van der Waals surface area contributed by atoms with Crippen LogP contribution in [0.2, 0.25) is 0 Å². The van der Waals surface area contributed by atoms with Crippen molar-refractivity contribution in [3.05, 3.63) is 60.8 Å². The molecule has 4 atom stereocenters. The molecule has 0 aromatic rings. The molecule has 0 bridgehead atoms. The van der Waals surface area contributed by atoms with Crippen LogP contribution in [0.15, 0.2) is 60.8 Å². The van der Waals surface area contributed by atoms with Crippen LogP contribution in [0.4, 0.5) is 0 Å². The number of rotatable bonds is 36. The van der Waals surface area contributed by atoms with Gasteiger partial charge in [-0.2, -0.15) is 0 Å². The molecule has 0 radical (unpaired) electrons. The predicted molar refractivity (Wildman–Crippen MR) is 214 cm³/mol. The molecule has 0 aromatic carbocycles. The Bertz CT molecular complexity index is 880. The van der Waals surface area contributed by atoms with Crippen molar-refractivity contribution in [1.29, 1.82) is 0 Å². The van der Waals surface area contributed by atoms with E-state index in [2.05, 4.69) is 67.8 Å². The standard InChI is InChI=1S/C44H79NO5/c1-3-5-7-9-11-13-15-17-18-19-20-21-22-23-24-25-26-28-29-31-33-35-37-41(47)43(49)40(39-46)45-44(50)42(48)38-36-34-32-30-27-16-14-12-10-8-6-4-2/h20-21,24-25,27,29-31,34,36,40-43,46-49H,3-19,22-23,26,28,32-33,35,37-39H2,1-2H3,(H,45,50)/b21-20+,25-24+,30-27-,31-29+,36-34-. The molecule has 0 fully saturated rings. The van der Waals surface area contributed by atoms with E-state index in [1.807, 2.05) is 6.08 Å². The Kier molecular flexibility index (Phi) is 36.7. The molecule has 0 heterocycles. The minimum absolute atomic E-state index is 0.146. The van der Waals surface area contributed by atoms with Crippen LogP contribution in [0, 0.1) is 0 Å². The fourth-order valence-electron chi connectivity index (χ4n) is 5.83. The van der Waals surface area contributed by atoms with Gasteiger partial charge in [0.05, 0.1) is 18.8 Å². The number of allylic oxidation sites excluding steroid dienone is 9. The van der Waals surface area contributed by atoms with E-state index in [1.54, 1.807) is 6.08 Å². The molecule has 0 aliphatic carbocycles. The Labute approximate surface area is 308 Å². The fourth-order valence-corrected chi connectivity index (χ4v) is 5.83. The highest BCUT2D eigenvalue weighted by molar-refractivity contribution is 5.81. The van der Waals surface area contributed by atoms with Crippen molar-refractivity contribution < 1.29 is 25.2 Å². The summed E-state index contributed by atoms with van der Waals surface area (Å²) in [5.74, 6) is -0.670. The molecule has 0 saturated heterocycles. The maximum atomic E-state index is 12.4. The molecule has 50 heavy (non-hydrogen) atoms. The van der Waals surface area contributed by atoms with Gasteiger partial charge in [0.2, 0.25) is 5.91 Å². The van der Waals surface area contributed by atoms with Crippen LogP contribution in [0.5, 0.6) is 0 Å². The Morgan fingerprint density at radius 3 is 1.40 bits per heavy atom. The van der Waals surface area contributed by atoms with Crippen molar-refractivity contribution in [3.63, 3.8) is 0 Å². The number of hydrogen-bond donors (Lipinski definition) is 5. The number of nitrogens with one attached hydrogen (secondary N) is 1. The molecule has 4 unspecified atom stereocenters. The maximum absolute atomic E-state index is 12.4. The highest BCUT2D eigenvalue weighted by atomic mass is 16.3. The highest BCUT2D eigenvalue weighted by Crippen LogP contribution is 2.12. The Hall–Kier alpha value is -1.99. The number of aliphatic hydroxyl groups excluding tert-OH is 4. The number of amides is 1. The predicted octanol–water partition coefficient (Wildman–Crippen LogP) is 10.5. The normalized spacial score (nSPS) is 14.9.